The molecular weight excluding hydrogens is 176 g/mol. The molecule has 2 heterocycles. The van der Waals surface area contributed by atoms with Gasteiger partial charge in [0.1, 0.15) is 5.41 Å². The largest absolute Gasteiger partial charge is 0.378 e. The van der Waals surface area contributed by atoms with Crippen molar-refractivity contribution in [3.8, 4) is 6.07 Å². The van der Waals surface area contributed by atoms with Crippen molar-refractivity contribution in [2.75, 3.05) is 32.8 Å². The smallest absolute Gasteiger partial charge is 0.116 e. The molecule has 0 aromatic rings. The highest BCUT2D eigenvalue weighted by molar-refractivity contribution is 5.05. The van der Waals surface area contributed by atoms with Crippen molar-refractivity contribution >= 4 is 0 Å². The average molecular weight is 194 g/mol. The summed E-state index contributed by atoms with van der Waals surface area (Å²) in [6.07, 6.45) is 5.30. The van der Waals surface area contributed by atoms with Crippen molar-refractivity contribution < 1.29 is 4.74 Å². The molecule has 2 saturated heterocycles. The first-order valence-electron chi connectivity index (χ1n) is 5.56. The normalized spacial score (nSPS) is 27.4. The van der Waals surface area contributed by atoms with Gasteiger partial charge >= 0.3 is 0 Å². The molecule has 0 radical (unpaired) electrons. The number of rotatable bonds is 2. The van der Waals surface area contributed by atoms with E-state index < -0.39 is 0 Å². The zero-order valence-corrected chi connectivity index (χ0v) is 8.67. The third kappa shape index (κ3) is 2.08. The van der Waals surface area contributed by atoms with Crippen LogP contribution < -0.4 is 0 Å². The summed E-state index contributed by atoms with van der Waals surface area (Å²) < 4.78 is 5.15. The molecule has 0 spiro atoms. The van der Waals surface area contributed by atoms with Crippen LogP contribution in [0.1, 0.15) is 25.7 Å². The Morgan fingerprint density at radius 1 is 1.14 bits per heavy atom. The second-order valence-corrected chi connectivity index (χ2v) is 4.58. The summed E-state index contributed by atoms with van der Waals surface area (Å²) >= 11 is 0. The highest BCUT2D eigenvalue weighted by Gasteiger charge is 2.40. The van der Waals surface area contributed by atoms with Gasteiger partial charge in [-0.3, -0.25) is 0 Å². The van der Waals surface area contributed by atoms with E-state index in [1.807, 2.05) is 0 Å². The number of hydrogen-bond donors (Lipinski definition) is 0. The maximum atomic E-state index is 9.08. The minimum Gasteiger partial charge on any atom is -0.378 e. The Morgan fingerprint density at radius 3 is 2.21 bits per heavy atom. The van der Waals surface area contributed by atoms with E-state index in [4.69, 9.17) is 10.00 Å². The quantitative estimate of drug-likeness (QED) is 0.666. The van der Waals surface area contributed by atoms with Gasteiger partial charge in [0.25, 0.3) is 0 Å². The Bertz CT molecular complexity index is 222. The Morgan fingerprint density at radius 2 is 1.79 bits per heavy atom. The van der Waals surface area contributed by atoms with Crippen LogP contribution in [0.25, 0.3) is 0 Å². The first-order valence-corrected chi connectivity index (χ1v) is 5.56. The van der Waals surface area contributed by atoms with Crippen molar-refractivity contribution in [1.82, 2.24) is 4.90 Å². The Balaban J connectivity index is 1.86. The molecule has 0 aliphatic carbocycles. The predicted molar refractivity (Wildman–Crippen MR) is 53.8 cm³/mol. The maximum absolute atomic E-state index is 9.08. The minimum atomic E-state index is -0.176. The average Bonchev–Trinajstić information content (AvgIpc) is 2.39. The first kappa shape index (κ1) is 9.95. The van der Waals surface area contributed by atoms with E-state index >= 15 is 0 Å². The third-order valence-corrected chi connectivity index (χ3v) is 3.22. The lowest BCUT2D eigenvalue weighted by molar-refractivity contribution is -0.0909. The topological polar surface area (TPSA) is 36.3 Å². The molecule has 2 aliphatic heterocycles. The molecule has 2 rings (SSSR count). The summed E-state index contributed by atoms with van der Waals surface area (Å²) in [4.78, 5) is 2.44. The van der Waals surface area contributed by atoms with Crippen LogP contribution in [0.5, 0.6) is 0 Å². The van der Waals surface area contributed by atoms with Crippen LogP contribution >= 0.6 is 0 Å². The third-order valence-electron chi connectivity index (χ3n) is 3.22. The summed E-state index contributed by atoms with van der Waals surface area (Å²) in [5, 5.41) is 9.08. The van der Waals surface area contributed by atoms with Crippen LogP contribution in [-0.2, 0) is 4.74 Å². The highest BCUT2D eigenvalue weighted by atomic mass is 16.5. The molecule has 14 heavy (non-hydrogen) atoms. The van der Waals surface area contributed by atoms with Crippen molar-refractivity contribution in [1.29, 1.82) is 5.26 Å². The van der Waals surface area contributed by atoms with Crippen LogP contribution in [0, 0.1) is 16.7 Å². The van der Waals surface area contributed by atoms with E-state index in [-0.39, 0.29) is 5.41 Å². The fourth-order valence-electron chi connectivity index (χ4n) is 2.26. The second-order valence-electron chi connectivity index (χ2n) is 4.58. The minimum absolute atomic E-state index is 0.176. The summed E-state index contributed by atoms with van der Waals surface area (Å²) in [7, 11) is 0. The van der Waals surface area contributed by atoms with Gasteiger partial charge in [0.05, 0.1) is 19.3 Å². The Labute approximate surface area is 85.6 Å². The van der Waals surface area contributed by atoms with E-state index in [9.17, 15) is 0 Å². The fourth-order valence-corrected chi connectivity index (χ4v) is 2.26. The molecule has 3 nitrogen and oxygen atoms in total. The van der Waals surface area contributed by atoms with Gasteiger partial charge in [-0.05, 0) is 25.9 Å². The Kier molecular flexibility index (Phi) is 3.05. The van der Waals surface area contributed by atoms with Gasteiger partial charge in [0.2, 0.25) is 0 Å². The number of ether oxygens (including phenoxy) is 1. The van der Waals surface area contributed by atoms with E-state index in [1.165, 1.54) is 38.8 Å². The zero-order valence-electron chi connectivity index (χ0n) is 8.67. The number of nitriles is 1. The van der Waals surface area contributed by atoms with E-state index in [1.54, 1.807) is 0 Å². The van der Waals surface area contributed by atoms with E-state index in [0.717, 1.165) is 6.54 Å². The summed E-state index contributed by atoms with van der Waals surface area (Å²) in [5.74, 6) is 0. The van der Waals surface area contributed by atoms with Crippen LogP contribution in [0.2, 0.25) is 0 Å². The molecule has 2 aliphatic rings. The van der Waals surface area contributed by atoms with Gasteiger partial charge in [-0.15, -0.1) is 0 Å². The van der Waals surface area contributed by atoms with Crippen molar-refractivity contribution in [2.45, 2.75) is 25.7 Å². The number of nitrogens with zero attached hydrogens (tertiary/aromatic N) is 2. The molecule has 0 N–H and O–H groups in total. The predicted octanol–water partition coefficient (Wildman–Crippen LogP) is 1.40. The van der Waals surface area contributed by atoms with Crippen LogP contribution in [0.3, 0.4) is 0 Å². The zero-order chi connectivity index (χ0) is 9.86. The molecule has 0 saturated carbocycles. The van der Waals surface area contributed by atoms with Crippen molar-refractivity contribution in [3.05, 3.63) is 0 Å². The summed E-state index contributed by atoms with van der Waals surface area (Å²) in [6, 6.07) is 2.42. The van der Waals surface area contributed by atoms with Gasteiger partial charge < -0.3 is 9.64 Å². The summed E-state index contributed by atoms with van der Waals surface area (Å²) in [5.41, 5.74) is -0.176. The highest BCUT2D eigenvalue weighted by Crippen LogP contribution is 2.28. The van der Waals surface area contributed by atoms with Gasteiger partial charge in [-0.1, -0.05) is 12.8 Å². The van der Waals surface area contributed by atoms with Crippen LogP contribution in [-0.4, -0.2) is 37.7 Å². The molecule has 0 unspecified atom stereocenters. The van der Waals surface area contributed by atoms with Gasteiger partial charge in [0, 0.05) is 6.54 Å². The maximum Gasteiger partial charge on any atom is 0.116 e. The van der Waals surface area contributed by atoms with Crippen molar-refractivity contribution in [3.63, 3.8) is 0 Å². The van der Waals surface area contributed by atoms with Crippen molar-refractivity contribution in [2.24, 2.45) is 5.41 Å². The van der Waals surface area contributed by atoms with Gasteiger partial charge in [-0.25, -0.2) is 0 Å². The molecule has 0 atom stereocenters. The number of hydrogen-bond acceptors (Lipinski definition) is 3. The Hall–Kier alpha value is -0.590. The van der Waals surface area contributed by atoms with Crippen LogP contribution in [0.4, 0.5) is 0 Å². The molecule has 0 amide bonds. The lowest BCUT2D eigenvalue weighted by Crippen LogP contribution is -2.50. The lowest BCUT2D eigenvalue weighted by Gasteiger charge is -2.38. The number of likely N-dealkylation sites (tertiary alicyclic amines) is 1. The SMILES string of the molecule is N#CC1(CN2CCCCCC2)COC1. The molecule has 78 valence electrons. The monoisotopic (exact) mass is 194 g/mol. The molecule has 0 aromatic heterocycles. The molecule has 2 fully saturated rings. The molecular formula is C11H18N2O. The van der Waals surface area contributed by atoms with Gasteiger partial charge in [-0.2, -0.15) is 5.26 Å². The van der Waals surface area contributed by atoms with E-state index in [2.05, 4.69) is 11.0 Å². The fraction of sp³-hybridized carbons (Fsp3) is 0.909. The standard InChI is InChI=1S/C11H18N2O/c12-7-11(9-14-10-11)8-13-5-3-1-2-4-6-13/h1-6,8-10H2. The molecule has 0 aromatic carbocycles. The molecule has 3 heteroatoms. The van der Waals surface area contributed by atoms with Gasteiger partial charge in [0.15, 0.2) is 0 Å². The lowest BCUT2D eigenvalue weighted by atomic mass is 9.87. The molecule has 0 bridgehead atoms. The first-order chi connectivity index (χ1) is 6.85. The summed E-state index contributed by atoms with van der Waals surface area (Å²) in [6.45, 7) is 4.54. The second kappa shape index (κ2) is 4.29. The van der Waals surface area contributed by atoms with E-state index in [0.29, 0.717) is 13.2 Å². The van der Waals surface area contributed by atoms with Crippen LogP contribution in [0.15, 0.2) is 0 Å².